The molecule has 2 aromatic heterocycles. The van der Waals surface area contributed by atoms with Crippen molar-refractivity contribution in [3.8, 4) is 11.4 Å². The molecule has 1 N–H and O–H groups in total. The highest BCUT2D eigenvalue weighted by Crippen LogP contribution is 2.21. The number of halogens is 1. The van der Waals surface area contributed by atoms with E-state index in [1.807, 2.05) is 36.5 Å². The second-order valence-corrected chi connectivity index (χ2v) is 6.74. The van der Waals surface area contributed by atoms with Gasteiger partial charge in [-0.1, -0.05) is 41.9 Å². The molecular weight excluding hydrogens is 330 g/mol. The van der Waals surface area contributed by atoms with E-state index in [0.717, 1.165) is 24.4 Å². The SMILES string of the molecule is O=C(NCCCn1ccnc1-c1ccccc1)c1ccc(Cl)s1. The number of aryl methyl sites for hydroxylation is 1. The third kappa shape index (κ3) is 4.00. The van der Waals surface area contributed by atoms with Crippen LogP contribution in [0, 0.1) is 0 Å². The lowest BCUT2D eigenvalue weighted by atomic mass is 10.2. The fourth-order valence-electron chi connectivity index (χ4n) is 2.31. The highest BCUT2D eigenvalue weighted by molar-refractivity contribution is 7.17. The van der Waals surface area contributed by atoms with Crippen LogP contribution in [0.4, 0.5) is 0 Å². The molecule has 0 saturated carbocycles. The van der Waals surface area contributed by atoms with Crippen LogP contribution in [0.15, 0.2) is 54.9 Å². The second kappa shape index (κ2) is 7.44. The van der Waals surface area contributed by atoms with Crippen molar-refractivity contribution in [3.05, 3.63) is 64.1 Å². The van der Waals surface area contributed by atoms with Crippen molar-refractivity contribution < 1.29 is 4.79 Å². The first-order valence-electron chi connectivity index (χ1n) is 7.34. The van der Waals surface area contributed by atoms with Gasteiger partial charge in [0, 0.05) is 31.0 Å². The Bertz CT molecular complexity index is 782. The first-order chi connectivity index (χ1) is 11.2. The minimum atomic E-state index is -0.0733. The molecular formula is C17H16ClN3OS. The van der Waals surface area contributed by atoms with Crippen LogP contribution in [0.25, 0.3) is 11.4 Å². The number of aromatic nitrogens is 2. The molecule has 0 atom stereocenters. The number of nitrogens with one attached hydrogen (secondary N) is 1. The molecule has 3 rings (SSSR count). The predicted molar refractivity (Wildman–Crippen MR) is 93.9 cm³/mol. The first-order valence-corrected chi connectivity index (χ1v) is 8.53. The van der Waals surface area contributed by atoms with Crippen LogP contribution >= 0.6 is 22.9 Å². The summed E-state index contributed by atoms with van der Waals surface area (Å²) in [5, 5.41) is 2.91. The minimum absolute atomic E-state index is 0.0733. The third-order valence-corrected chi connectivity index (χ3v) is 4.64. The minimum Gasteiger partial charge on any atom is -0.351 e. The fraction of sp³-hybridized carbons (Fsp3) is 0.176. The predicted octanol–water partition coefficient (Wildman–Crippen LogP) is 4.09. The number of nitrogens with zero attached hydrogens (tertiary/aromatic N) is 2. The van der Waals surface area contributed by atoms with Crippen LogP contribution in [0.1, 0.15) is 16.1 Å². The number of hydrogen-bond acceptors (Lipinski definition) is 3. The van der Waals surface area contributed by atoms with Gasteiger partial charge in [0.25, 0.3) is 5.91 Å². The molecule has 1 aromatic carbocycles. The number of carbonyl (C=O) groups is 1. The van der Waals surface area contributed by atoms with Crippen LogP contribution in [0.5, 0.6) is 0 Å². The number of thiophene rings is 1. The summed E-state index contributed by atoms with van der Waals surface area (Å²) in [6, 6.07) is 13.6. The van der Waals surface area contributed by atoms with E-state index in [1.54, 1.807) is 18.3 Å². The number of rotatable bonds is 6. The lowest BCUT2D eigenvalue weighted by molar-refractivity contribution is 0.0957. The lowest BCUT2D eigenvalue weighted by Gasteiger charge is -2.08. The van der Waals surface area contributed by atoms with Gasteiger partial charge in [-0.15, -0.1) is 11.3 Å². The van der Waals surface area contributed by atoms with E-state index in [4.69, 9.17) is 11.6 Å². The Morgan fingerprint density at radius 3 is 2.78 bits per heavy atom. The van der Waals surface area contributed by atoms with Crippen LogP contribution in [-0.2, 0) is 6.54 Å². The first kappa shape index (κ1) is 15.8. The Morgan fingerprint density at radius 2 is 2.04 bits per heavy atom. The summed E-state index contributed by atoms with van der Waals surface area (Å²) in [7, 11) is 0. The van der Waals surface area contributed by atoms with E-state index in [1.165, 1.54) is 11.3 Å². The summed E-state index contributed by atoms with van der Waals surface area (Å²) in [5.41, 5.74) is 1.09. The Morgan fingerprint density at radius 1 is 1.22 bits per heavy atom. The van der Waals surface area contributed by atoms with Crippen molar-refractivity contribution in [1.82, 2.24) is 14.9 Å². The van der Waals surface area contributed by atoms with Crippen LogP contribution in [-0.4, -0.2) is 22.0 Å². The standard InChI is InChI=1S/C17H16ClN3OS/c18-15-8-7-14(23-15)17(22)20-9-4-11-21-12-10-19-16(21)13-5-2-1-3-6-13/h1-3,5-8,10,12H,4,9,11H2,(H,20,22). The van der Waals surface area contributed by atoms with Gasteiger partial charge in [-0.05, 0) is 18.6 Å². The van der Waals surface area contributed by atoms with Crippen LogP contribution in [0.2, 0.25) is 4.34 Å². The Balaban J connectivity index is 1.52. The van der Waals surface area contributed by atoms with E-state index < -0.39 is 0 Å². The average Bonchev–Trinajstić information content (AvgIpc) is 3.21. The largest absolute Gasteiger partial charge is 0.351 e. The van der Waals surface area contributed by atoms with Crippen LogP contribution < -0.4 is 5.32 Å². The van der Waals surface area contributed by atoms with Crippen molar-refractivity contribution in [2.45, 2.75) is 13.0 Å². The van der Waals surface area contributed by atoms with Gasteiger partial charge < -0.3 is 9.88 Å². The fourth-order valence-corrected chi connectivity index (χ4v) is 3.27. The molecule has 2 heterocycles. The number of carbonyl (C=O) groups excluding carboxylic acids is 1. The third-order valence-electron chi connectivity index (χ3n) is 3.41. The number of hydrogen-bond donors (Lipinski definition) is 1. The van der Waals surface area contributed by atoms with Crippen molar-refractivity contribution in [3.63, 3.8) is 0 Å². The molecule has 6 heteroatoms. The van der Waals surface area contributed by atoms with Crippen LogP contribution in [0.3, 0.4) is 0 Å². The molecule has 0 saturated heterocycles. The van der Waals surface area contributed by atoms with Gasteiger partial charge in [-0.25, -0.2) is 4.98 Å². The molecule has 118 valence electrons. The molecule has 0 bridgehead atoms. The van der Waals surface area contributed by atoms with E-state index in [2.05, 4.69) is 14.9 Å². The van der Waals surface area contributed by atoms with E-state index >= 15 is 0 Å². The van der Waals surface area contributed by atoms with Gasteiger partial charge >= 0.3 is 0 Å². The summed E-state index contributed by atoms with van der Waals surface area (Å²) in [6.07, 6.45) is 4.60. The summed E-state index contributed by atoms with van der Waals surface area (Å²) in [4.78, 5) is 17.0. The van der Waals surface area contributed by atoms with E-state index in [-0.39, 0.29) is 5.91 Å². The van der Waals surface area contributed by atoms with Gasteiger partial charge in [0.1, 0.15) is 5.82 Å². The Labute approximate surface area is 143 Å². The summed E-state index contributed by atoms with van der Waals surface area (Å²) >= 11 is 7.13. The molecule has 0 aliphatic rings. The summed E-state index contributed by atoms with van der Waals surface area (Å²) in [5.74, 6) is 0.873. The zero-order chi connectivity index (χ0) is 16.1. The van der Waals surface area contributed by atoms with Gasteiger partial charge in [-0.3, -0.25) is 4.79 Å². The highest BCUT2D eigenvalue weighted by Gasteiger charge is 2.08. The Kier molecular flexibility index (Phi) is 5.10. The molecule has 23 heavy (non-hydrogen) atoms. The Hall–Kier alpha value is -2.11. The lowest BCUT2D eigenvalue weighted by Crippen LogP contribution is -2.24. The van der Waals surface area contributed by atoms with Gasteiger partial charge in [-0.2, -0.15) is 0 Å². The maximum absolute atomic E-state index is 11.9. The zero-order valence-corrected chi connectivity index (χ0v) is 14.0. The molecule has 0 fully saturated rings. The number of amides is 1. The molecule has 4 nitrogen and oxygen atoms in total. The number of benzene rings is 1. The maximum atomic E-state index is 11.9. The monoisotopic (exact) mass is 345 g/mol. The average molecular weight is 346 g/mol. The molecule has 0 unspecified atom stereocenters. The van der Waals surface area contributed by atoms with Gasteiger partial charge in [0.2, 0.25) is 0 Å². The van der Waals surface area contributed by atoms with Crippen molar-refractivity contribution >= 4 is 28.8 Å². The zero-order valence-electron chi connectivity index (χ0n) is 12.4. The normalized spacial score (nSPS) is 10.7. The van der Waals surface area contributed by atoms with E-state index in [9.17, 15) is 4.79 Å². The maximum Gasteiger partial charge on any atom is 0.261 e. The highest BCUT2D eigenvalue weighted by atomic mass is 35.5. The summed E-state index contributed by atoms with van der Waals surface area (Å²) in [6.45, 7) is 1.41. The quantitative estimate of drug-likeness (QED) is 0.684. The summed E-state index contributed by atoms with van der Waals surface area (Å²) < 4.78 is 2.73. The van der Waals surface area contributed by atoms with Crippen molar-refractivity contribution in [2.75, 3.05) is 6.54 Å². The smallest absolute Gasteiger partial charge is 0.261 e. The van der Waals surface area contributed by atoms with Crippen molar-refractivity contribution in [1.29, 1.82) is 0 Å². The van der Waals surface area contributed by atoms with E-state index in [0.29, 0.717) is 15.8 Å². The van der Waals surface area contributed by atoms with Crippen molar-refractivity contribution in [2.24, 2.45) is 0 Å². The van der Waals surface area contributed by atoms with Gasteiger partial charge in [0.05, 0.1) is 9.21 Å². The number of imidazole rings is 1. The molecule has 0 aliphatic heterocycles. The molecule has 0 aliphatic carbocycles. The molecule has 3 aromatic rings. The van der Waals surface area contributed by atoms with Gasteiger partial charge in [0.15, 0.2) is 0 Å². The molecule has 0 spiro atoms. The topological polar surface area (TPSA) is 46.9 Å². The molecule has 1 amide bonds. The molecule has 0 radical (unpaired) electrons. The second-order valence-electron chi connectivity index (χ2n) is 5.02.